The zero-order valence-corrected chi connectivity index (χ0v) is 18.2. The number of aliphatic imine (C=N–C) groups is 1. The molecule has 0 unspecified atom stereocenters. The number of amidine groups is 1. The topological polar surface area (TPSA) is 58.5 Å². The molecule has 0 aromatic heterocycles. The molecular weight excluding hydrogens is 388 g/mol. The molecule has 0 saturated carbocycles. The van der Waals surface area contributed by atoms with Crippen molar-refractivity contribution < 1.29 is 9.47 Å². The highest BCUT2D eigenvalue weighted by Gasteiger charge is 2.18. The molecule has 0 amide bonds. The summed E-state index contributed by atoms with van der Waals surface area (Å²) in [5.41, 5.74) is 8.78. The van der Waals surface area contributed by atoms with Crippen molar-refractivity contribution in [1.29, 1.82) is 0 Å². The van der Waals surface area contributed by atoms with E-state index in [-0.39, 0.29) is 0 Å². The van der Waals surface area contributed by atoms with E-state index in [1.54, 1.807) is 7.11 Å². The van der Waals surface area contributed by atoms with Crippen molar-refractivity contribution >= 4 is 22.9 Å². The van der Waals surface area contributed by atoms with Crippen LogP contribution in [0.1, 0.15) is 23.6 Å². The summed E-state index contributed by atoms with van der Waals surface area (Å²) in [6, 6.07) is 22.0. The van der Waals surface area contributed by atoms with Crippen LogP contribution in [-0.4, -0.2) is 39.4 Å². The lowest BCUT2D eigenvalue weighted by Crippen LogP contribution is -2.19. The van der Waals surface area contributed by atoms with Crippen LogP contribution in [0.5, 0.6) is 11.5 Å². The van der Waals surface area contributed by atoms with E-state index in [1.165, 1.54) is 0 Å². The first-order valence-electron chi connectivity index (χ1n) is 10.2. The van der Waals surface area contributed by atoms with Gasteiger partial charge in [0.2, 0.25) is 0 Å². The Morgan fingerprint density at radius 1 is 0.871 bits per heavy atom. The van der Waals surface area contributed by atoms with Gasteiger partial charge in [-0.15, -0.1) is 0 Å². The number of fused-ring (bicyclic) bond motifs is 1. The number of nitrogens with one attached hydrogen (secondary N) is 1. The molecule has 3 aromatic rings. The summed E-state index contributed by atoms with van der Waals surface area (Å²) in [4.78, 5) is 6.95. The first kappa shape index (κ1) is 20.5. The van der Waals surface area contributed by atoms with Gasteiger partial charge in [-0.3, -0.25) is 5.43 Å². The fourth-order valence-corrected chi connectivity index (χ4v) is 3.39. The van der Waals surface area contributed by atoms with Gasteiger partial charge in [-0.05, 0) is 61.5 Å². The number of hydrogen-bond donors (Lipinski definition) is 1. The molecule has 1 aliphatic heterocycles. The van der Waals surface area contributed by atoms with E-state index in [9.17, 15) is 0 Å². The molecule has 0 atom stereocenters. The molecule has 6 heteroatoms. The van der Waals surface area contributed by atoms with Crippen LogP contribution in [0.25, 0.3) is 0 Å². The summed E-state index contributed by atoms with van der Waals surface area (Å²) in [5, 5.41) is 4.75. The number of hydrazone groups is 1. The number of benzene rings is 3. The number of methoxy groups -OCH3 is 1. The van der Waals surface area contributed by atoms with Gasteiger partial charge in [-0.1, -0.05) is 12.1 Å². The standard InChI is InChI=1S/C25H26N4O2/c1-5-31-21-14-15-23-22(16-21)24(17-6-10-19(11-7-17)29(2)3)27-28-25(26-23)18-8-12-20(30-4)13-9-18/h6-16H,5H2,1-4H3,(H,26,28). The van der Waals surface area contributed by atoms with E-state index in [4.69, 9.17) is 19.6 Å². The second-order valence-electron chi connectivity index (χ2n) is 7.31. The van der Waals surface area contributed by atoms with E-state index in [0.717, 1.165) is 45.3 Å². The number of anilines is 1. The van der Waals surface area contributed by atoms with Gasteiger partial charge in [0.15, 0.2) is 5.84 Å². The predicted octanol–water partition coefficient (Wildman–Crippen LogP) is 4.59. The largest absolute Gasteiger partial charge is 0.497 e. The van der Waals surface area contributed by atoms with Crippen molar-refractivity contribution in [3.8, 4) is 11.5 Å². The summed E-state index contributed by atoms with van der Waals surface area (Å²) in [5.74, 6) is 2.26. The molecule has 0 fully saturated rings. The lowest BCUT2D eigenvalue weighted by molar-refractivity contribution is 0.340. The maximum absolute atomic E-state index is 5.74. The van der Waals surface area contributed by atoms with E-state index in [0.29, 0.717) is 12.4 Å². The molecule has 0 spiro atoms. The van der Waals surface area contributed by atoms with Gasteiger partial charge >= 0.3 is 0 Å². The van der Waals surface area contributed by atoms with Crippen LogP contribution in [0, 0.1) is 0 Å². The van der Waals surface area contributed by atoms with Gasteiger partial charge in [0.05, 0.1) is 19.4 Å². The Hall–Kier alpha value is -3.80. The van der Waals surface area contributed by atoms with Gasteiger partial charge in [-0.25, -0.2) is 4.99 Å². The second kappa shape index (κ2) is 8.92. The maximum atomic E-state index is 5.74. The summed E-state index contributed by atoms with van der Waals surface area (Å²) >= 11 is 0. The fraction of sp³-hybridized carbons (Fsp3) is 0.200. The maximum Gasteiger partial charge on any atom is 0.154 e. The van der Waals surface area contributed by atoms with Gasteiger partial charge < -0.3 is 14.4 Å². The van der Waals surface area contributed by atoms with Crippen LogP contribution in [-0.2, 0) is 0 Å². The monoisotopic (exact) mass is 414 g/mol. The first-order valence-corrected chi connectivity index (χ1v) is 10.2. The van der Waals surface area contributed by atoms with Gasteiger partial charge in [0, 0.05) is 36.5 Å². The molecule has 0 bridgehead atoms. The number of hydrogen-bond acceptors (Lipinski definition) is 6. The average molecular weight is 415 g/mol. The smallest absolute Gasteiger partial charge is 0.154 e. The van der Waals surface area contributed by atoms with E-state index in [2.05, 4.69) is 34.6 Å². The molecule has 1 N–H and O–H groups in total. The van der Waals surface area contributed by atoms with Gasteiger partial charge in [-0.2, -0.15) is 5.10 Å². The lowest BCUT2D eigenvalue weighted by atomic mass is 10.00. The number of rotatable bonds is 6. The molecule has 0 radical (unpaired) electrons. The minimum Gasteiger partial charge on any atom is -0.497 e. The van der Waals surface area contributed by atoms with Crippen LogP contribution in [0.15, 0.2) is 76.8 Å². The molecule has 1 heterocycles. The van der Waals surface area contributed by atoms with Crippen molar-refractivity contribution in [3.63, 3.8) is 0 Å². The highest BCUT2D eigenvalue weighted by Crippen LogP contribution is 2.30. The molecule has 0 saturated heterocycles. The van der Waals surface area contributed by atoms with Crippen LogP contribution in [0.3, 0.4) is 0 Å². The third kappa shape index (κ3) is 4.38. The zero-order chi connectivity index (χ0) is 21.8. The molecule has 6 nitrogen and oxygen atoms in total. The normalized spacial score (nSPS) is 12.6. The molecule has 158 valence electrons. The van der Waals surface area contributed by atoms with E-state index in [1.807, 2.05) is 63.5 Å². The Kier molecular flexibility index (Phi) is 5.89. The van der Waals surface area contributed by atoms with Crippen LogP contribution >= 0.6 is 0 Å². The van der Waals surface area contributed by atoms with Gasteiger partial charge in [0.25, 0.3) is 0 Å². The van der Waals surface area contributed by atoms with Crippen LogP contribution in [0.4, 0.5) is 11.4 Å². The van der Waals surface area contributed by atoms with Crippen LogP contribution < -0.4 is 19.8 Å². The molecule has 3 aromatic carbocycles. The summed E-state index contributed by atoms with van der Waals surface area (Å²) in [6.07, 6.45) is 0. The Morgan fingerprint density at radius 3 is 2.19 bits per heavy atom. The molecular formula is C25H26N4O2. The van der Waals surface area contributed by atoms with Crippen molar-refractivity contribution in [2.75, 3.05) is 32.7 Å². The van der Waals surface area contributed by atoms with E-state index >= 15 is 0 Å². The molecule has 1 aliphatic rings. The zero-order valence-electron chi connectivity index (χ0n) is 18.2. The fourth-order valence-electron chi connectivity index (χ4n) is 3.39. The second-order valence-corrected chi connectivity index (χ2v) is 7.31. The SMILES string of the molecule is CCOc1ccc2c(c1)C(c1ccc(N(C)C)cc1)=NNC(c1ccc(OC)cc1)=N2. The minimum absolute atomic E-state index is 0.599. The average Bonchev–Trinajstić information content (AvgIpc) is 2.99. The third-order valence-corrected chi connectivity index (χ3v) is 5.06. The molecule has 31 heavy (non-hydrogen) atoms. The highest BCUT2D eigenvalue weighted by atomic mass is 16.5. The van der Waals surface area contributed by atoms with Crippen molar-refractivity contribution in [3.05, 3.63) is 83.4 Å². The quantitative estimate of drug-likeness (QED) is 0.641. The lowest BCUT2D eigenvalue weighted by Gasteiger charge is -2.14. The summed E-state index contributed by atoms with van der Waals surface area (Å²) in [6.45, 7) is 2.57. The Balaban J connectivity index is 1.80. The van der Waals surface area contributed by atoms with Crippen molar-refractivity contribution in [2.45, 2.75) is 6.92 Å². The number of ether oxygens (including phenoxy) is 2. The van der Waals surface area contributed by atoms with Crippen molar-refractivity contribution in [2.24, 2.45) is 10.1 Å². The Bertz CT molecular complexity index is 1120. The predicted molar refractivity (Wildman–Crippen MR) is 126 cm³/mol. The van der Waals surface area contributed by atoms with E-state index < -0.39 is 0 Å². The minimum atomic E-state index is 0.599. The van der Waals surface area contributed by atoms with Crippen LogP contribution in [0.2, 0.25) is 0 Å². The molecule has 4 rings (SSSR count). The Labute approximate surface area is 182 Å². The van der Waals surface area contributed by atoms with Gasteiger partial charge in [0.1, 0.15) is 17.2 Å². The van der Waals surface area contributed by atoms with Crippen molar-refractivity contribution in [1.82, 2.24) is 5.43 Å². The third-order valence-electron chi connectivity index (χ3n) is 5.06. The highest BCUT2D eigenvalue weighted by molar-refractivity contribution is 6.18. The number of nitrogens with zero attached hydrogens (tertiary/aromatic N) is 3. The Morgan fingerprint density at radius 2 is 1.55 bits per heavy atom. The summed E-state index contributed by atoms with van der Waals surface area (Å²) < 4.78 is 11.0. The molecule has 0 aliphatic carbocycles. The summed E-state index contributed by atoms with van der Waals surface area (Å²) in [7, 11) is 5.71. The first-order chi connectivity index (χ1) is 15.1.